The molecule has 4 nitrogen and oxygen atoms in total. The zero-order valence-corrected chi connectivity index (χ0v) is 24.1. The van der Waals surface area contributed by atoms with Crippen LogP contribution in [0.25, 0.3) is 16.6 Å². The van der Waals surface area contributed by atoms with E-state index in [0.29, 0.717) is 12.1 Å². The van der Waals surface area contributed by atoms with E-state index in [9.17, 15) is 0 Å². The van der Waals surface area contributed by atoms with Gasteiger partial charge in [-0.3, -0.25) is 0 Å². The summed E-state index contributed by atoms with van der Waals surface area (Å²) in [7, 11) is 0. The van der Waals surface area contributed by atoms with Gasteiger partial charge in [0.15, 0.2) is 0 Å². The van der Waals surface area contributed by atoms with Crippen molar-refractivity contribution in [3.63, 3.8) is 0 Å². The van der Waals surface area contributed by atoms with Crippen molar-refractivity contribution < 1.29 is 0 Å². The van der Waals surface area contributed by atoms with Gasteiger partial charge in [-0.25, -0.2) is 0 Å². The molecule has 2 aromatic rings. The summed E-state index contributed by atoms with van der Waals surface area (Å²) in [5.74, 6) is 1.88. The summed E-state index contributed by atoms with van der Waals surface area (Å²) in [6.07, 6.45) is 8.94. The summed E-state index contributed by atoms with van der Waals surface area (Å²) in [5, 5.41) is 8.73. The van der Waals surface area contributed by atoms with Crippen LogP contribution < -0.4 is 10.6 Å². The van der Waals surface area contributed by atoms with Crippen LogP contribution in [0.3, 0.4) is 0 Å². The summed E-state index contributed by atoms with van der Waals surface area (Å²) in [4.78, 5) is 2.51. The highest BCUT2D eigenvalue weighted by atomic mass is 32.1. The number of benzene rings is 1. The Morgan fingerprint density at radius 2 is 1.83 bits per heavy atom. The van der Waals surface area contributed by atoms with Crippen LogP contribution in [-0.4, -0.2) is 39.9 Å². The lowest BCUT2D eigenvalue weighted by Crippen LogP contribution is -2.52. The Morgan fingerprint density at radius 1 is 1.14 bits per heavy atom. The van der Waals surface area contributed by atoms with Gasteiger partial charge in [0.25, 0.3) is 0 Å². The lowest BCUT2D eigenvalue weighted by molar-refractivity contribution is 0.120. The van der Waals surface area contributed by atoms with E-state index in [1.54, 1.807) is 0 Å². The third-order valence-electron chi connectivity index (χ3n) is 7.39. The molecule has 5 heteroatoms. The van der Waals surface area contributed by atoms with Crippen LogP contribution in [-0.2, 0) is 6.42 Å². The summed E-state index contributed by atoms with van der Waals surface area (Å²) >= 11 is 4.67. The number of hydrogen-bond acceptors (Lipinski definition) is 4. The first kappa shape index (κ1) is 28.3. The van der Waals surface area contributed by atoms with Gasteiger partial charge in [0.1, 0.15) is 0 Å². The minimum atomic E-state index is 0.106. The Kier molecular flexibility index (Phi) is 9.68. The van der Waals surface area contributed by atoms with Gasteiger partial charge in [0.05, 0.1) is 17.4 Å². The molecule has 1 aromatic carbocycles. The van der Waals surface area contributed by atoms with Crippen molar-refractivity contribution in [1.29, 1.82) is 0 Å². The van der Waals surface area contributed by atoms with Crippen LogP contribution >= 0.6 is 12.6 Å². The van der Waals surface area contributed by atoms with Crippen LogP contribution in [0, 0.1) is 5.41 Å². The molecule has 1 aliphatic rings. The van der Waals surface area contributed by atoms with Crippen molar-refractivity contribution >= 4 is 29.2 Å². The minimum absolute atomic E-state index is 0.106. The number of aromatic nitrogens is 1. The first-order chi connectivity index (χ1) is 17.1. The Morgan fingerprint density at radius 3 is 2.47 bits per heavy atom. The molecule has 198 valence electrons. The molecule has 0 amide bonds. The van der Waals surface area contributed by atoms with Crippen LogP contribution in [0.2, 0.25) is 0 Å². The molecule has 1 fully saturated rings. The molecule has 1 unspecified atom stereocenters. The molecule has 0 aliphatic carbocycles. The van der Waals surface area contributed by atoms with Crippen LogP contribution in [0.1, 0.15) is 72.3 Å². The minimum Gasteiger partial charge on any atom is -0.387 e. The van der Waals surface area contributed by atoms with Gasteiger partial charge in [-0.05, 0) is 62.5 Å². The van der Waals surface area contributed by atoms with E-state index in [4.69, 9.17) is 0 Å². The van der Waals surface area contributed by atoms with Gasteiger partial charge in [0.2, 0.25) is 0 Å². The normalized spacial score (nSPS) is 19.2. The fourth-order valence-electron chi connectivity index (χ4n) is 5.58. The van der Waals surface area contributed by atoms with Gasteiger partial charge >= 0.3 is 0 Å². The maximum Gasteiger partial charge on any atom is 0.0949 e. The first-order valence-electron chi connectivity index (χ1n) is 13.6. The Bertz CT molecular complexity index is 1050. The van der Waals surface area contributed by atoms with Crippen molar-refractivity contribution in [3.8, 4) is 0 Å². The van der Waals surface area contributed by atoms with E-state index < -0.39 is 0 Å². The highest BCUT2D eigenvalue weighted by Crippen LogP contribution is 2.30. The number of piperidine rings is 1. The van der Waals surface area contributed by atoms with E-state index in [0.717, 1.165) is 48.8 Å². The molecule has 2 N–H and O–H groups in total. The highest BCUT2D eigenvalue weighted by Gasteiger charge is 2.31. The average molecular weight is 509 g/mol. The highest BCUT2D eigenvalue weighted by molar-refractivity contribution is 7.80. The number of rotatable bonds is 12. The third-order valence-corrected chi connectivity index (χ3v) is 7.81. The van der Waals surface area contributed by atoms with Crippen molar-refractivity contribution in [2.45, 2.75) is 91.3 Å². The van der Waals surface area contributed by atoms with Gasteiger partial charge in [-0.2, -0.15) is 12.6 Å². The van der Waals surface area contributed by atoms with Crippen molar-refractivity contribution in [2.75, 3.05) is 12.3 Å². The van der Waals surface area contributed by atoms with E-state index in [2.05, 4.69) is 118 Å². The zero-order valence-electron chi connectivity index (χ0n) is 23.2. The Labute approximate surface area is 225 Å². The van der Waals surface area contributed by atoms with E-state index in [-0.39, 0.29) is 11.5 Å². The first-order valence-corrected chi connectivity index (χ1v) is 14.2. The average Bonchev–Trinajstić information content (AvgIpc) is 3.21. The number of nitrogens with one attached hydrogen (secondary N) is 2. The predicted octanol–water partition coefficient (Wildman–Crippen LogP) is 7.21. The monoisotopic (exact) mass is 508 g/mol. The van der Waals surface area contributed by atoms with E-state index in [1.807, 2.05) is 0 Å². The largest absolute Gasteiger partial charge is 0.387 e. The molecule has 0 spiro atoms. The second-order valence-electron chi connectivity index (χ2n) is 11.6. The lowest BCUT2D eigenvalue weighted by atomic mass is 9.87. The molecule has 1 aliphatic heterocycles. The topological polar surface area (TPSA) is 32.2 Å². The maximum absolute atomic E-state index is 4.67. The number of thiol groups is 1. The third kappa shape index (κ3) is 6.94. The number of allylic oxidation sites excluding steroid dienone is 1. The standard InChI is InChI=1S/C31H48N4S/c1-9-26-13-12-14-27(21-36)35(26)24(5)33-29(19-31(6,7)8)23(4)32-18-17-25-20-34(22(2)3)30-16-11-10-15-28(25)30/h10-11,15-16,20,26-27,29,32-33,36H,2,4-5,9,12-14,17-19,21H2,1,3,6-8H3/t26-,27-,29?/m0/s1. The quantitative estimate of drug-likeness (QED) is 0.265. The molecule has 0 bridgehead atoms. The number of likely N-dealkylation sites (tertiary alicyclic amines) is 1. The Balaban J connectivity index is 1.70. The second-order valence-corrected chi connectivity index (χ2v) is 12.0. The molecule has 2 heterocycles. The molecule has 1 aromatic heterocycles. The summed E-state index contributed by atoms with van der Waals surface area (Å²) < 4.78 is 2.19. The van der Waals surface area contributed by atoms with E-state index in [1.165, 1.54) is 35.7 Å². The molecule has 0 radical (unpaired) electrons. The van der Waals surface area contributed by atoms with E-state index >= 15 is 0 Å². The fraction of sp³-hybridized carbons (Fsp3) is 0.548. The second kappa shape index (κ2) is 12.3. The molecular formula is C31H48N4S. The van der Waals surface area contributed by atoms with Crippen molar-refractivity contribution in [1.82, 2.24) is 20.1 Å². The molecule has 3 rings (SSSR count). The van der Waals surface area contributed by atoms with Crippen molar-refractivity contribution in [2.24, 2.45) is 5.41 Å². The smallest absolute Gasteiger partial charge is 0.0949 e. The SMILES string of the molecule is C=C(NCCc1cn(C(=C)C)c2ccccc12)C(CC(C)(C)C)NC(=C)N1[C@H](CS)CCC[C@@H]1CC. The molecule has 1 saturated heterocycles. The van der Waals surface area contributed by atoms with Crippen LogP contribution in [0.5, 0.6) is 0 Å². The molecule has 36 heavy (non-hydrogen) atoms. The van der Waals surface area contributed by atoms with Gasteiger partial charge in [-0.15, -0.1) is 0 Å². The maximum atomic E-state index is 4.67. The number of hydrogen-bond donors (Lipinski definition) is 3. The van der Waals surface area contributed by atoms with Gasteiger partial charge in [0, 0.05) is 47.4 Å². The van der Waals surface area contributed by atoms with Crippen LogP contribution in [0.15, 0.2) is 61.7 Å². The number of nitrogens with zero attached hydrogens (tertiary/aromatic N) is 2. The Hall–Kier alpha value is -2.27. The fourth-order valence-corrected chi connectivity index (χ4v) is 5.94. The molecule has 0 saturated carbocycles. The number of fused-ring (bicyclic) bond motifs is 1. The predicted molar refractivity (Wildman–Crippen MR) is 161 cm³/mol. The summed E-state index contributed by atoms with van der Waals surface area (Å²) in [6.45, 7) is 25.2. The summed E-state index contributed by atoms with van der Waals surface area (Å²) in [6, 6.07) is 9.63. The van der Waals surface area contributed by atoms with Crippen LogP contribution in [0.4, 0.5) is 0 Å². The van der Waals surface area contributed by atoms with Gasteiger partial charge in [-0.1, -0.05) is 65.6 Å². The number of para-hydroxylation sites is 1. The lowest BCUT2D eigenvalue weighted by Gasteiger charge is -2.45. The summed E-state index contributed by atoms with van der Waals surface area (Å²) in [5.41, 5.74) is 4.77. The zero-order chi connectivity index (χ0) is 26.5. The van der Waals surface area contributed by atoms with Crippen molar-refractivity contribution in [3.05, 3.63) is 67.3 Å². The molecular weight excluding hydrogens is 460 g/mol. The van der Waals surface area contributed by atoms with Gasteiger partial charge < -0.3 is 20.1 Å². The molecule has 3 atom stereocenters.